The Hall–Kier alpha value is -1.58. The van der Waals surface area contributed by atoms with Crippen LogP contribution in [-0.2, 0) is 16.1 Å². The highest BCUT2D eigenvalue weighted by Gasteiger charge is 2.38. The molecule has 0 amide bonds. The number of hydrogen-bond acceptors (Lipinski definition) is 2. The minimum absolute atomic E-state index is 0.0309. The molecule has 0 radical (unpaired) electrons. The van der Waals surface area contributed by atoms with Gasteiger partial charge in [-0.25, -0.2) is 0 Å². The molecule has 0 saturated carbocycles. The molecule has 0 heterocycles. The predicted molar refractivity (Wildman–Crippen MR) is 110 cm³/mol. The van der Waals surface area contributed by atoms with Gasteiger partial charge in [-0.15, -0.1) is 0 Å². The fourth-order valence-corrected chi connectivity index (χ4v) is 5.32. The molecule has 2 nitrogen and oxygen atoms in total. The van der Waals surface area contributed by atoms with Crippen LogP contribution in [0.3, 0.4) is 0 Å². The smallest absolute Gasteiger partial charge is 0.417 e. The second kappa shape index (κ2) is 9.28. The fraction of sp³-hybridized carbons (Fsp3) is 0.455. The average Bonchev–Trinajstić information content (AvgIpc) is 2.64. The Morgan fingerprint density at radius 2 is 1.61 bits per heavy atom. The number of methoxy groups -OCH3 is 1. The molecule has 0 aromatic heterocycles. The third kappa shape index (κ3) is 4.87. The maximum absolute atomic E-state index is 13.6. The summed E-state index contributed by atoms with van der Waals surface area (Å²) in [6.07, 6.45) is -2.95. The van der Waals surface area contributed by atoms with Crippen LogP contribution in [0.5, 0.6) is 5.75 Å². The number of ether oxygens (including phenoxy) is 2. The average molecular weight is 412 g/mol. The molecule has 0 spiro atoms. The molecule has 2 aromatic carbocycles. The second-order valence-electron chi connectivity index (χ2n) is 6.97. The van der Waals surface area contributed by atoms with Gasteiger partial charge in [0.2, 0.25) is 0 Å². The standard InChI is InChI=1S/C22H28F3O2P/c1-6-21(7-2,28-19-11-9-8-10-17(19)22(23,24)25)18-13-15(3)12-16(4)20(18)27-14-26-5/h8-13,28H,6-7,14H2,1-5H3. The molecule has 0 aliphatic heterocycles. The zero-order valence-corrected chi connectivity index (χ0v) is 18.0. The Balaban J connectivity index is 2.63. The van der Waals surface area contributed by atoms with E-state index in [1.165, 1.54) is 12.1 Å². The van der Waals surface area contributed by atoms with E-state index in [-0.39, 0.29) is 15.4 Å². The predicted octanol–water partition coefficient (Wildman–Crippen LogP) is 6.32. The summed E-state index contributed by atoms with van der Waals surface area (Å²) in [5.74, 6) is 0.716. The molecule has 2 aromatic rings. The van der Waals surface area contributed by atoms with E-state index in [0.29, 0.717) is 23.9 Å². The minimum Gasteiger partial charge on any atom is -0.467 e. The highest BCUT2D eigenvalue weighted by molar-refractivity contribution is 7.48. The highest BCUT2D eigenvalue weighted by Crippen LogP contribution is 2.52. The van der Waals surface area contributed by atoms with Crippen molar-refractivity contribution in [3.63, 3.8) is 0 Å². The summed E-state index contributed by atoms with van der Waals surface area (Å²) in [6.45, 7) is 8.13. The lowest BCUT2D eigenvalue weighted by molar-refractivity contribution is -0.136. The molecule has 28 heavy (non-hydrogen) atoms. The van der Waals surface area contributed by atoms with Crippen molar-refractivity contribution in [3.05, 3.63) is 58.7 Å². The first-order valence-corrected chi connectivity index (χ1v) is 10.4. The molecule has 0 fully saturated rings. The summed E-state index contributed by atoms with van der Waals surface area (Å²) >= 11 is 0. The SMILES string of the molecule is CCC(CC)(Pc1ccccc1C(F)(F)F)c1cc(C)cc(C)c1OCOC. The van der Waals surface area contributed by atoms with Gasteiger partial charge in [0, 0.05) is 17.8 Å². The van der Waals surface area contributed by atoms with Gasteiger partial charge in [-0.3, -0.25) is 0 Å². The number of benzene rings is 2. The topological polar surface area (TPSA) is 18.5 Å². The summed E-state index contributed by atoms with van der Waals surface area (Å²) in [5, 5.41) is -0.100. The van der Waals surface area contributed by atoms with Crippen molar-refractivity contribution in [2.75, 3.05) is 13.9 Å². The van der Waals surface area contributed by atoms with Crippen molar-refractivity contribution in [1.29, 1.82) is 0 Å². The van der Waals surface area contributed by atoms with Gasteiger partial charge in [-0.05, 0) is 43.6 Å². The van der Waals surface area contributed by atoms with E-state index in [1.807, 2.05) is 39.8 Å². The molecule has 0 saturated heterocycles. The first-order chi connectivity index (χ1) is 13.2. The fourth-order valence-electron chi connectivity index (χ4n) is 3.59. The quantitative estimate of drug-likeness (QED) is 0.373. The Kier molecular flexibility index (Phi) is 7.52. The summed E-state index contributed by atoms with van der Waals surface area (Å²) in [6, 6.07) is 9.96. The maximum Gasteiger partial charge on any atom is 0.417 e. The normalized spacial score (nSPS) is 12.7. The summed E-state index contributed by atoms with van der Waals surface area (Å²) in [5.41, 5.74) is 2.44. The van der Waals surface area contributed by atoms with Crippen molar-refractivity contribution >= 4 is 13.9 Å². The van der Waals surface area contributed by atoms with Gasteiger partial charge in [0.25, 0.3) is 0 Å². The van der Waals surface area contributed by atoms with Gasteiger partial charge in [-0.2, -0.15) is 13.2 Å². The van der Waals surface area contributed by atoms with E-state index in [1.54, 1.807) is 19.2 Å². The zero-order valence-electron chi connectivity index (χ0n) is 17.0. The van der Waals surface area contributed by atoms with Crippen LogP contribution in [0.1, 0.15) is 48.9 Å². The second-order valence-corrected chi connectivity index (χ2v) is 8.71. The van der Waals surface area contributed by atoms with E-state index in [2.05, 4.69) is 0 Å². The molecule has 0 bridgehead atoms. The lowest BCUT2D eigenvalue weighted by Crippen LogP contribution is -2.26. The summed E-state index contributed by atoms with van der Waals surface area (Å²) < 4.78 is 51.7. The Morgan fingerprint density at radius 3 is 2.18 bits per heavy atom. The Labute approximate surface area is 167 Å². The van der Waals surface area contributed by atoms with Gasteiger partial charge in [0.05, 0.1) is 5.56 Å². The van der Waals surface area contributed by atoms with Crippen molar-refractivity contribution < 1.29 is 22.6 Å². The van der Waals surface area contributed by atoms with Crippen molar-refractivity contribution in [2.24, 2.45) is 0 Å². The van der Waals surface area contributed by atoms with Crippen LogP contribution < -0.4 is 10.0 Å². The lowest BCUT2D eigenvalue weighted by atomic mass is 9.89. The Morgan fingerprint density at radius 1 is 0.964 bits per heavy atom. The molecule has 1 atom stereocenters. The van der Waals surface area contributed by atoms with Crippen LogP contribution in [-0.4, -0.2) is 13.9 Å². The number of alkyl halides is 3. The number of aryl methyl sites for hydroxylation is 2. The van der Waals surface area contributed by atoms with E-state index in [4.69, 9.17) is 9.47 Å². The van der Waals surface area contributed by atoms with Gasteiger partial charge >= 0.3 is 6.18 Å². The highest BCUT2D eigenvalue weighted by atomic mass is 31.1. The number of hydrogen-bond donors (Lipinski definition) is 0. The third-order valence-corrected chi connectivity index (χ3v) is 7.23. The largest absolute Gasteiger partial charge is 0.467 e. The lowest BCUT2D eigenvalue weighted by Gasteiger charge is -2.35. The molecule has 2 rings (SSSR count). The zero-order chi connectivity index (χ0) is 20.9. The first kappa shape index (κ1) is 22.7. The van der Waals surface area contributed by atoms with Crippen LogP contribution in [0.15, 0.2) is 36.4 Å². The molecule has 0 aliphatic rings. The van der Waals surface area contributed by atoms with Crippen LogP contribution in [0.4, 0.5) is 13.2 Å². The molecular formula is C22H28F3O2P. The van der Waals surface area contributed by atoms with Crippen LogP contribution >= 0.6 is 8.58 Å². The molecule has 1 unspecified atom stereocenters. The van der Waals surface area contributed by atoms with Crippen molar-refractivity contribution in [3.8, 4) is 5.75 Å². The number of rotatable bonds is 8. The Bertz CT molecular complexity index is 799. The van der Waals surface area contributed by atoms with Gasteiger partial charge in [-0.1, -0.05) is 58.3 Å². The monoisotopic (exact) mass is 412 g/mol. The minimum atomic E-state index is -4.37. The van der Waals surface area contributed by atoms with Gasteiger partial charge in [0.1, 0.15) is 5.75 Å². The maximum atomic E-state index is 13.6. The van der Waals surface area contributed by atoms with Crippen molar-refractivity contribution in [1.82, 2.24) is 0 Å². The summed E-state index contributed by atoms with van der Waals surface area (Å²) in [7, 11) is 1.52. The third-order valence-electron chi connectivity index (χ3n) is 5.07. The number of halogens is 3. The molecule has 0 aliphatic carbocycles. The molecule has 0 N–H and O–H groups in total. The first-order valence-electron chi connectivity index (χ1n) is 9.36. The molecular weight excluding hydrogens is 384 g/mol. The van der Waals surface area contributed by atoms with Crippen LogP contribution in [0, 0.1) is 13.8 Å². The van der Waals surface area contributed by atoms with Crippen molar-refractivity contribution in [2.45, 2.75) is 51.9 Å². The van der Waals surface area contributed by atoms with E-state index >= 15 is 0 Å². The molecule has 154 valence electrons. The van der Waals surface area contributed by atoms with Gasteiger partial charge in [0.15, 0.2) is 6.79 Å². The van der Waals surface area contributed by atoms with Crippen LogP contribution in [0.25, 0.3) is 0 Å². The summed E-state index contributed by atoms with van der Waals surface area (Å²) in [4.78, 5) is 0. The van der Waals surface area contributed by atoms with E-state index in [9.17, 15) is 13.2 Å². The molecule has 6 heteroatoms. The van der Waals surface area contributed by atoms with E-state index in [0.717, 1.165) is 16.7 Å². The van der Waals surface area contributed by atoms with Crippen LogP contribution in [0.2, 0.25) is 0 Å². The van der Waals surface area contributed by atoms with Gasteiger partial charge < -0.3 is 9.47 Å². The van der Waals surface area contributed by atoms with E-state index < -0.39 is 16.9 Å².